The summed E-state index contributed by atoms with van der Waals surface area (Å²) in [6, 6.07) is 7.81. The van der Waals surface area contributed by atoms with E-state index in [0.29, 0.717) is 13.0 Å². The predicted molar refractivity (Wildman–Crippen MR) is 108 cm³/mol. The fourth-order valence-electron chi connectivity index (χ4n) is 3.95. The first-order valence-corrected chi connectivity index (χ1v) is 9.78. The van der Waals surface area contributed by atoms with Crippen LogP contribution in [0, 0.1) is 5.41 Å². The number of fused-ring (bicyclic) bond motifs is 1. The van der Waals surface area contributed by atoms with Crippen LogP contribution in [-0.2, 0) is 17.8 Å². The summed E-state index contributed by atoms with van der Waals surface area (Å²) in [6.07, 6.45) is 7.12. The maximum absolute atomic E-state index is 12.6. The Morgan fingerprint density at radius 1 is 1.28 bits per heavy atom. The molecule has 1 aliphatic carbocycles. The molecule has 1 atom stereocenters. The van der Waals surface area contributed by atoms with Crippen LogP contribution in [0.25, 0.3) is 5.69 Å². The quantitative estimate of drug-likeness (QED) is 0.695. The summed E-state index contributed by atoms with van der Waals surface area (Å²) in [5, 5.41) is 11.9. The first-order valence-electron chi connectivity index (χ1n) is 9.78. The van der Waals surface area contributed by atoms with E-state index in [9.17, 15) is 4.79 Å². The fourth-order valence-corrected chi connectivity index (χ4v) is 3.95. The standard InChI is InChI=1S/C21H26N6O2/c1-21(2)10-18(25-20(28)8-9-26-14-22-13-24-26)17-12-23-27(19(17)11-21)15-4-6-16(29-3)7-5-15/h4-7,12-14,18H,8-11H2,1-3H3,(H,25,28)/t18-/m0/s1. The van der Waals surface area contributed by atoms with Gasteiger partial charge in [0.2, 0.25) is 5.91 Å². The predicted octanol–water partition coefficient (Wildman–Crippen LogP) is 2.69. The number of ether oxygens (including phenoxy) is 1. The summed E-state index contributed by atoms with van der Waals surface area (Å²) in [5.41, 5.74) is 3.28. The highest BCUT2D eigenvalue weighted by atomic mass is 16.5. The van der Waals surface area contributed by atoms with Crippen LogP contribution < -0.4 is 10.1 Å². The summed E-state index contributed by atoms with van der Waals surface area (Å²) < 4.78 is 8.90. The van der Waals surface area contributed by atoms with Crippen LogP contribution in [0.5, 0.6) is 5.75 Å². The molecule has 3 aromatic rings. The van der Waals surface area contributed by atoms with Gasteiger partial charge in [-0.2, -0.15) is 10.2 Å². The third-order valence-electron chi connectivity index (χ3n) is 5.37. The average molecular weight is 394 g/mol. The Balaban J connectivity index is 1.54. The Kier molecular flexibility index (Phi) is 5.08. The van der Waals surface area contributed by atoms with E-state index in [4.69, 9.17) is 4.74 Å². The van der Waals surface area contributed by atoms with E-state index >= 15 is 0 Å². The Labute approximate surface area is 169 Å². The second-order valence-corrected chi connectivity index (χ2v) is 8.23. The Morgan fingerprint density at radius 2 is 2.07 bits per heavy atom. The van der Waals surface area contributed by atoms with E-state index in [1.165, 1.54) is 6.33 Å². The molecule has 4 rings (SSSR count). The number of methoxy groups -OCH3 is 1. The number of aromatic nitrogens is 5. The number of hydrogen-bond donors (Lipinski definition) is 1. The molecule has 0 aliphatic heterocycles. The number of nitrogens with zero attached hydrogens (tertiary/aromatic N) is 5. The molecule has 0 bridgehead atoms. The van der Waals surface area contributed by atoms with Crippen LogP contribution in [0.4, 0.5) is 0 Å². The van der Waals surface area contributed by atoms with E-state index in [0.717, 1.165) is 35.5 Å². The maximum atomic E-state index is 12.6. The Morgan fingerprint density at radius 3 is 2.76 bits per heavy atom. The summed E-state index contributed by atoms with van der Waals surface area (Å²) >= 11 is 0. The SMILES string of the molecule is COc1ccc(-n2ncc3c2CC(C)(C)C[C@@H]3NC(=O)CCn2cncn2)cc1. The molecule has 0 unspecified atom stereocenters. The Bertz CT molecular complexity index is 975. The first kappa shape index (κ1) is 19.2. The third-order valence-corrected chi connectivity index (χ3v) is 5.37. The first-order chi connectivity index (χ1) is 13.9. The largest absolute Gasteiger partial charge is 0.497 e. The highest BCUT2D eigenvalue weighted by Crippen LogP contribution is 2.41. The second-order valence-electron chi connectivity index (χ2n) is 8.23. The molecule has 0 spiro atoms. The molecule has 152 valence electrons. The highest BCUT2D eigenvalue weighted by Gasteiger charge is 2.35. The molecule has 0 saturated carbocycles. The molecule has 1 amide bonds. The van der Waals surface area contributed by atoms with Crippen molar-refractivity contribution < 1.29 is 9.53 Å². The van der Waals surface area contributed by atoms with Gasteiger partial charge in [-0.15, -0.1) is 0 Å². The van der Waals surface area contributed by atoms with Gasteiger partial charge in [-0.25, -0.2) is 9.67 Å². The minimum absolute atomic E-state index is 0.00588. The molecule has 29 heavy (non-hydrogen) atoms. The third kappa shape index (κ3) is 4.16. The molecule has 0 radical (unpaired) electrons. The molecule has 1 N–H and O–H groups in total. The average Bonchev–Trinajstić information content (AvgIpc) is 3.35. The Hall–Kier alpha value is -3.16. The van der Waals surface area contributed by atoms with Crippen molar-refractivity contribution >= 4 is 5.91 Å². The molecule has 0 fully saturated rings. The van der Waals surface area contributed by atoms with Crippen molar-refractivity contribution in [3.05, 3.63) is 54.4 Å². The van der Waals surface area contributed by atoms with Crippen molar-refractivity contribution in [3.63, 3.8) is 0 Å². The molecule has 2 aromatic heterocycles. The highest BCUT2D eigenvalue weighted by molar-refractivity contribution is 5.76. The van der Waals surface area contributed by atoms with Crippen LogP contribution in [0.1, 0.15) is 44.0 Å². The lowest BCUT2D eigenvalue weighted by Crippen LogP contribution is -2.37. The van der Waals surface area contributed by atoms with Crippen molar-refractivity contribution in [2.45, 2.75) is 45.7 Å². The number of benzene rings is 1. The topological polar surface area (TPSA) is 86.9 Å². The normalized spacial score (nSPS) is 17.6. The van der Waals surface area contributed by atoms with Crippen molar-refractivity contribution in [2.24, 2.45) is 5.41 Å². The van der Waals surface area contributed by atoms with E-state index in [-0.39, 0.29) is 17.4 Å². The summed E-state index contributed by atoms with van der Waals surface area (Å²) in [4.78, 5) is 16.5. The summed E-state index contributed by atoms with van der Waals surface area (Å²) in [6.45, 7) is 4.98. The molecule has 0 saturated heterocycles. The lowest BCUT2D eigenvalue weighted by molar-refractivity contribution is -0.122. The van der Waals surface area contributed by atoms with Gasteiger partial charge in [-0.3, -0.25) is 9.48 Å². The van der Waals surface area contributed by atoms with E-state index < -0.39 is 0 Å². The van der Waals surface area contributed by atoms with Gasteiger partial charge in [0.1, 0.15) is 18.4 Å². The zero-order valence-corrected chi connectivity index (χ0v) is 17.0. The van der Waals surface area contributed by atoms with Gasteiger partial charge < -0.3 is 10.1 Å². The number of nitrogens with one attached hydrogen (secondary N) is 1. The number of carbonyl (C=O) groups excluding carboxylic acids is 1. The molecular formula is C21H26N6O2. The monoisotopic (exact) mass is 394 g/mol. The number of aryl methyl sites for hydroxylation is 1. The van der Waals surface area contributed by atoms with Crippen molar-refractivity contribution in [1.82, 2.24) is 29.9 Å². The minimum Gasteiger partial charge on any atom is -0.497 e. The van der Waals surface area contributed by atoms with E-state index in [1.54, 1.807) is 18.1 Å². The molecule has 1 aliphatic rings. The lowest BCUT2D eigenvalue weighted by atomic mass is 9.74. The van der Waals surface area contributed by atoms with E-state index in [1.807, 2.05) is 35.1 Å². The van der Waals surface area contributed by atoms with Crippen LogP contribution in [0.15, 0.2) is 43.1 Å². The van der Waals surface area contributed by atoms with Crippen LogP contribution in [0.3, 0.4) is 0 Å². The van der Waals surface area contributed by atoms with Crippen LogP contribution >= 0.6 is 0 Å². The van der Waals surface area contributed by atoms with E-state index in [2.05, 4.69) is 34.3 Å². The lowest BCUT2D eigenvalue weighted by Gasteiger charge is -2.36. The van der Waals surface area contributed by atoms with Gasteiger partial charge in [0.05, 0.1) is 37.3 Å². The van der Waals surface area contributed by atoms with Gasteiger partial charge in [-0.05, 0) is 42.5 Å². The number of rotatable bonds is 6. The molecule has 2 heterocycles. The fraction of sp³-hybridized carbons (Fsp3) is 0.429. The molecular weight excluding hydrogens is 368 g/mol. The molecule has 8 heteroatoms. The van der Waals surface area contributed by atoms with Gasteiger partial charge in [0, 0.05) is 12.0 Å². The minimum atomic E-state index is -0.0519. The molecule has 1 aromatic carbocycles. The summed E-state index contributed by atoms with van der Waals surface area (Å²) in [5.74, 6) is 0.818. The van der Waals surface area contributed by atoms with Gasteiger partial charge >= 0.3 is 0 Å². The van der Waals surface area contributed by atoms with Crippen molar-refractivity contribution in [2.75, 3.05) is 7.11 Å². The van der Waals surface area contributed by atoms with Crippen LogP contribution in [0.2, 0.25) is 0 Å². The van der Waals surface area contributed by atoms with Crippen molar-refractivity contribution in [3.8, 4) is 11.4 Å². The van der Waals surface area contributed by atoms with Gasteiger partial charge in [0.25, 0.3) is 0 Å². The van der Waals surface area contributed by atoms with Gasteiger partial charge in [0.15, 0.2) is 0 Å². The summed E-state index contributed by atoms with van der Waals surface area (Å²) in [7, 11) is 1.66. The number of amides is 1. The second kappa shape index (κ2) is 7.69. The van der Waals surface area contributed by atoms with Gasteiger partial charge in [-0.1, -0.05) is 13.8 Å². The zero-order valence-electron chi connectivity index (χ0n) is 17.0. The van der Waals surface area contributed by atoms with Crippen molar-refractivity contribution in [1.29, 1.82) is 0 Å². The zero-order chi connectivity index (χ0) is 20.4. The number of carbonyl (C=O) groups is 1. The number of hydrogen-bond acceptors (Lipinski definition) is 5. The molecule has 8 nitrogen and oxygen atoms in total. The smallest absolute Gasteiger partial charge is 0.222 e. The maximum Gasteiger partial charge on any atom is 0.222 e. The van der Waals surface area contributed by atoms with Crippen LogP contribution in [-0.4, -0.2) is 37.6 Å².